The maximum atomic E-state index is 5.60. The zero-order chi connectivity index (χ0) is 15.1. The fourth-order valence-corrected chi connectivity index (χ4v) is 2.58. The Balaban J connectivity index is 0.00000156. The lowest BCUT2D eigenvalue weighted by molar-refractivity contribution is 0.430. The molecule has 2 N–H and O–H groups in total. The molecule has 1 fully saturated rings. The number of aromatic nitrogens is 4. The van der Waals surface area contributed by atoms with E-state index in [1.807, 2.05) is 42.1 Å². The van der Waals surface area contributed by atoms with Crippen LogP contribution < -0.4 is 5.73 Å². The van der Waals surface area contributed by atoms with E-state index in [9.17, 15) is 0 Å². The number of hydrogen-bond donors (Lipinski definition) is 1. The van der Waals surface area contributed by atoms with Gasteiger partial charge in [-0.05, 0) is 24.5 Å². The Morgan fingerprint density at radius 3 is 2.65 bits per heavy atom. The molecule has 1 aliphatic carbocycles. The Labute approximate surface area is 140 Å². The van der Waals surface area contributed by atoms with Crippen LogP contribution in [0.1, 0.15) is 30.0 Å². The predicted molar refractivity (Wildman–Crippen MR) is 89.1 cm³/mol. The van der Waals surface area contributed by atoms with Crippen LogP contribution in [0.4, 0.5) is 0 Å². The SMILES string of the molecule is Cl.Cn1nc(-c2nc(-c3ccc(CN)cc3)no2)cc1C1CC1. The average molecular weight is 332 g/mol. The largest absolute Gasteiger partial charge is 0.332 e. The number of nitrogens with two attached hydrogens (primary N) is 1. The van der Waals surface area contributed by atoms with Crippen molar-refractivity contribution in [2.45, 2.75) is 25.3 Å². The lowest BCUT2D eigenvalue weighted by Crippen LogP contribution is -1.95. The molecule has 2 heterocycles. The second kappa shape index (κ2) is 6.14. The van der Waals surface area contributed by atoms with Gasteiger partial charge < -0.3 is 10.3 Å². The summed E-state index contributed by atoms with van der Waals surface area (Å²) in [6.07, 6.45) is 2.48. The number of hydrogen-bond acceptors (Lipinski definition) is 5. The first-order chi connectivity index (χ1) is 10.7. The molecule has 23 heavy (non-hydrogen) atoms. The van der Waals surface area contributed by atoms with Crippen molar-refractivity contribution in [1.82, 2.24) is 19.9 Å². The molecular weight excluding hydrogens is 314 g/mol. The molecule has 6 nitrogen and oxygen atoms in total. The third-order valence-electron chi connectivity index (χ3n) is 4.00. The Bertz CT molecular complexity index is 804. The summed E-state index contributed by atoms with van der Waals surface area (Å²) >= 11 is 0. The summed E-state index contributed by atoms with van der Waals surface area (Å²) in [6.45, 7) is 0.523. The number of benzene rings is 1. The number of nitrogens with zero attached hydrogens (tertiary/aromatic N) is 4. The highest BCUT2D eigenvalue weighted by atomic mass is 35.5. The van der Waals surface area contributed by atoms with Crippen molar-refractivity contribution in [2.75, 3.05) is 0 Å². The van der Waals surface area contributed by atoms with Crippen molar-refractivity contribution in [1.29, 1.82) is 0 Å². The van der Waals surface area contributed by atoms with E-state index in [-0.39, 0.29) is 12.4 Å². The van der Waals surface area contributed by atoms with Crippen LogP contribution in [0.15, 0.2) is 34.9 Å². The van der Waals surface area contributed by atoms with E-state index in [4.69, 9.17) is 10.3 Å². The van der Waals surface area contributed by atoms with Gasteiger partial charge in [-0.25, -0.2) is 0 Å². The van der Waals surface area contributed by atoms with Crippen molar-refractivity contribution >= 4 is 12.4 Å². The van der Waals surface area contributed by atoms with E-state index >= 15 is 0 Å². The fourth-order valence-electron chi connectivity index (χ4n) is 2.58. The van der Waals surface area contributed by atoms with Crippen LogP contribution in [0.5, 0.6) is 0 Å². The van der Waals surface area contributed by atoms with Gasteiger partial charge in [0.15, 0.2) is 5.69 Å². The van der Waals surface area contributed by atoms with Crippen LogP contribution in [0.3, 0.4) is 0 Å². The van der Waals surface area contributed by atoms with E-state index < -0.39 is 0 Å². The van der Waals surface area contributed by atoms with Gasteiger partial charge in [0, 0.05) is 30.8 Å². The lowest BCUT2D eigenvalue weighted by atomic mass is 10.1. The highest BCUT2D eigenvalue weighted by Gasteiger charge is 2.28. The lowest BCUT2D eigenvalue weighted by Gasteiger charge is -1.97. The van der Waals surface area contributed by atoms with Gasteiger partial charge in [0.2, 0.25) is 5.82 Å². The van der Waals surface area contributed by atoms with E-state index in [1.54, 1.807) is 0 Å². The smallest absolute Gasteiger partial charge is 0.278 e. The molecule has 0 radical (unpaired) electrons. The predicted octanol–water partition coefficient (Wildman–Crippen LogP) is 2.90. The normalized spacial score (nSPS) is 13.8. The second-order valence-corrected chi connectivity index (χ2v) is 5.68. The van der Waals surface area contributed by atoms with Gasteiger partial charge in [-0.3, -0.25) is 4.68 Å². The summed E-state index contributed by atoms with van der Waals surface area (Å²) in [5, 5.41) is 8.53. The number of rotatable bonds is 4. The Morgan fingerprint density at radius 1 is 1.26 bits per heavy atom. The molecule has 7 heteroatoms. The number of aryl methyl sites for hydroxylation is 1. The van der Waals surface area contributed by atoms with E-state index in [1.165, 1.54) is 18.5 Å². The molecule has 4 rings (SSSR count). The average Bonchev–Trinajstić information content (AvgIpc) is 3.13. The molecule has 0 aliphatic heterocycles. The summed E-state index contributed by atoms with van der Waals surface area (Å²) in [5.41, 5.74) is 9.56. The molecule has 0 atom stereocenters. The van der Waals surface area contributed by atoms with Crippen LogP contribution in [0.25, 0.3) is 23.0 Å². The fraction of sp³-hybridized carbons (Fsp3) is 0.312. The molecule has 0 amide bonds. The topological polar surface area (TPSA) is 82.8 Å². The van der Waals surface area contributed by atoms with Crippen LogP contribution >= 0.6 is 12.4 Å². The maximum Gasteiger partial charge on any atom is 0.278 e. The van der Waals surface area contributed by atoms with Gasteiger partial charge in [-0.2, -0.15) is 10.1 Å². The monoisotopic (exact) mass is 331 g/mol. The minimum Gasteiger partial charge on any atom is -0.332 e. The first-order valence-corrected chi connectivity index (χ1v) is 7.42. The van der Waals surface area contributed by atoms with Crippen LogP contribution in [-0.2, 0) is 13.6 Å². The summed E-state index contributed by atoms with van der Waals surface area (Å²) in [7, 11) is 1.96. The highest BCUT2D eigenvalue weighted by Crippen LogP contribution is 2.40. The summed E-state index contributed by atoms with van der Waals surface area (Å²) < 4.78 is 7.28. The van der Waals surface area contributed by atoms with Crippen molar-refractivity contribution in [3.8, 4) is 23.0 Å². The zero-order valence-corrected chi connectivity index (χ0v) is 13.6. The van der Waals surface area contributed by atoms with E-state index in [0.29, 0.717) is 24.2 Å². The second-order valence-electron chi connectivity index (χ2n) is 5.68. The van der Waals surface area contributed by atoms with E-state index in [0.717, 1.165) is 16.8 Å². The molecule has 1 saturated carbocycles. The van der Waals surface area contributed by atoms with Gasteiger partial charge in [0.05, 0.1) is 0 Å². The standard InChI is InChI=1S/C16H17N5O.ClH/c1-21-14(11-6-7-11)8-13(19-21)16-18-15(20-22-16)12-4-2-10(9-17)3-5-12;/h2-5,8,11H,6-7,9,17H2,1H3;1H. The Morgan fingerprint density at radius 2 is 2.00 bits per heavy atom. The van der Waals surface area contributed by atoms with Crippen molar-refractivity contribution in [3.63, 3.8) is 0 Å². The number of halogens is 1. The van der Waals surface area contributed by atoms with Crippen LogP contribution in [-0.4, -0.2) is 19.9 Å². The first-order valence-electron chi connectivity index (χ1n) is 7.42. The third kappa shape index (κ3) is 3.00. The van der Waals surface area contributed by atoms with Crippen molar-refractivity contribution in [2.24, 2.45) is 12.8 Å². The van der Waals surface area contributed by atoms with Crippen LogP contribution in [0.2, 0.25) is 0 Å². The zero-order valence-electron chi connectivity index (χ0n) is 12.8. The highest BCUT2D eigenvalue weighted by molar-refractivity contribution is 5.85. The molecule has 0 saturated heterocycles. The van der Waals surface area contributed by atoms with Gasteiger partial charge in [-0.1, -0.05) is 29.4 Å². The molecule has 1 aromatic carbocycles. The van der Waals surface area contributed by atoms with Gasteiger partial charge in [0.1, 0.15) is 0 Å². The molecule has 0 unspecified atom stereocenters. The molecule has 0 bridgehead atoms. The Kier molecular flexibility index (Phi) is 4.19. The van der Waals surface area contributed by atoms with Crippen molar-refractivity contribution < 1.29 is 4.52 Å². The molecule has 120 valence electrons. The third-order valence-corrected chi connectivity index (χ3v) is 4.00. The Hall–Kier alpha value is -2.18. The minimum atomic E-state index is 0. The maximum absolute atomic E-state index is 5.60. The molecular formula is C16H18ClN5O. The van der Waals surface area contributed by atoms with Gasteiger partial charge >= 0.3 is 0 Å². The first kappa shape index (κ1) is 15.7. The molecule has 3 aromatic rings. The molecule has 1 aliphatic rings. The quantitative estimate of drug-likeness (QED) is 0.794. The van der Waals surface area contributed by atoms with Crippen molar-refractivity contribution in [3.05, 3.63) is 41.6 Å². The van der Waals surface area contributed by atoms with E-state index in [2.05, 4.69) is 15.2 Å². The van der Waals surface area contributed by atoms with Gasteiger partial charge in [-0.15, -0.1) is 12.4 Å². The minimum absolute atomic E-state index is 0. The molecule has 0 spiro atoms. The van der Waals surface area contributed by atoms with Gasteiger partial charge in [0.25, 0.3) is 5.89 Å². The van der Waals surface area contributed by atoms with Crippen LogP contribution in [0, 0.1) is 0 Å². The summed E-state index contributed by atoms with van der Waals surface area (Å²) in [5.74, 6) is 1.66. The summed E-state index contributed by atoms with van der Waals surface area (Å²) in [6, 6.07) is 9.89. The molecule has 2 aromatic heterocycles. The summed E-state index contributed by atoms with van der Waals surface area (Å²) in [4.78, 5) is 4.46.